The van der Waals surface area contributed by atoms with Gasteiger partial charge in [0.15, 0.2) is 0 Å². The van der Waals surface area contributed by atoms with Gasteiger partial charge in [-0.25, -0.2) is 4.98 Å². The van der Waals surface area contributed by atoms with E-state index in [1.165, 1.54) is 19.0 Å². The van der Waals surface area contributed by atoms with E-state index in [4.69, 9.17) is 11.6 Å². The Morgan fingerprint density at radius 2 is 2.12 bits per heavy atom. The van der Waals surface area contributed by atoms with Crippen LogP contribution < -0.4 is 5.32 Å². The van der Waals surface area contributed by atoms with Crippen molar-refractivity contribution in [1.29, 1.82) is 0 Å². The monoisotopic (exact) mass is 241 g/mol. The zero-order valence-electron chi connectivity index (χ0n) is 9.12. The van der Waals surface area contributed by atoms with Gasteiger partial charge in [-0.05, 0) is 12.8 Å². The van der Waals surface area contributed by atoms with Crippen LogP contribution in [0.5, 0.6) is 0 Å². The summed E-state index contributed by atoms with van der Waals surface area (Å²) in [5.41, 5.74) is 0.0179. The Morgan fingerprint density at radius 1 is 1.38 bits per heavy atom. The zero-order chi connectivity index (χ0) is 11.4. The van der Waals surface area contributed by atoms with Crippen LogP contribution in [-0.2, 0) is 0 Å². The van der Waals surface area contributed by atoms with Crippen LogP contribution in [0.15, 0.2) is 12.4 Å². The average molecular weight is 242 g/mol. The first-order valence-corrected chi connectivity index (χ1v) is 5.94. The molecule has 1 aromatic heterocycles. The van der Waals surface area contributed by atoms with Crippen LogP contribution in [0.3, 0.4) is 0 Å². The van der Waals surface area contributed by atoms with Crippen LogP contribution in [0.4, 0.5) is 5.82 Å². The van der Waals surface area contributed by atoms with Gasteiger partial charge in [0.25, 0.3) is 0 Å². The van der Waals surface area contributed by atoms with E-state index >= 15 is 0 Å². The van der Waals surface area contributed by atoms with Crippen molar-refractivity contribution in [1.82, 2.24) is 9.97 Å². The van der Waals surface area contributed by atoms with Crippen LogP contribution in [0.25, 0.3) is 0 Å². The van der Waals surface area contributed by atoms with E-state index in [1.54, 1.807) is 6.20 Å². The lowest BCUT2D eigenvalue weighted by atomic mass is 9.87. The minimum Gasteiger partial charge on any atom is -0.396 e. The molecule has 1 aliphatic carbocycles. The smallest absolute Gasteiger partial charge is 0.149 e. The molecule has 4 nitrogen and oxygen atoms in total. The van der Waals surface area contributed by atoms with Gasteiger partial charge in [-0.2, -0.15) is 0 Å². The molecule has 0 unspecified atom stereocenters. The third kappa shape index (κ3) is 2.62. The maximum Gasteiger partial charge on any atom is 0.149 e. The Labute approximate surface area is 100 Å². The van der Waals surface area contributed by atoms with Gasteiger partial charge in [0.1, 0.15) is 11.0 Å². The average Bonchev–Trinajstić information content (AvgIpc) is 2.76. The van der Waals surface area contributed by atoms with Crippen LogP contribution in [0.2, 0.25) is 5.15 Å². The molecule has 16 heavy (non-hydrogen) atoms. The zero-order valence-corrected chi connectivity index (χ0v) is 9.87. The Morgan fingerprint density at radius 3 is 2.75 bits per heavy atom. The molecule has 0 aromatic carbocycles. The van der Waals surface area contributed by atoms with Gasteiger partial charge in [0.05, 0.1) is 19.0 Å². The predicted octanol–water partition coefficient (Wildman–Crippen LogP) is 2.09. The van der Waals surface area contributed by atoms with Gasteiger partial charge in [-0.1, -0.05) is 24.4 Å². The number of rotatable bonds is 4. The third-order valence-corrected chi connectivity index (χ3v) is 3.43. The van der Waals surface area contributed by atoms with E-state index in [0.717, 1.165) is 19.4 Å². The van der Waals surface area contributed by atoms with Crippen molar-refractivity contribution < 1.29 is 5.11 Å². The van der Waals surface area contributed by atoms with Crippen LogP contribution in [0, 0.1) is 5.41 Å². The van der Waals surface area contributed by atoms with E-state index in [2.05, 4.69) is 15.3 Å². The van der Waals surface area contributed by atoms with Gasteiger partial charge in [-0.3, -0.25) is 4.98 Å². The predicted molar refractivity (Wildman–Crippen MR) is 63.5 cm³/mol. The van der Waals surface area contributed by atoms with Crippen molar-refractivity contribution in [2.75, 3.05) is 18.5 Å². The number of nitrogens with one attached hydrogen (secondary N) is 1. The summed E-state index contributed by atoms with van der Waals surface area (Å²) in [4.78, 5) is 8.07. The molecule has 1 saturated carbocycles. The molecular formula is C11H16ClN3O. The lowest BCUT2D eigenvalue weighted by molar-refractivity contribution is 0.142. The molecule has 1 aromatic rings. The highest BCUT2D eigenvalue weighted by molar-refractivity contribution is 6.29. The second-order valence-electron chi connectivity index (χ2n) is 4.45. The van der Waals surface area contributed by atoms with Crippen LogP contribution >= 0.6 is 11.6 Å². The number of hydrogen-bond donors (Lipinski definition) is 2. The molecule has 0 bridgehead atoms. The molecule has 88 valence electrons. The number of aliphatic hydroxyl groups is 1. The molecule has 0 atom stereocenters. The fraction of sp³-hybridized carbons (Fsp3) is 0.636. The number of nitrogens with zero attached hydrogens (tertiary/aromatic N) is 2. The van der Waals surface area contributed by atoms with E-state index < -0.39 is 0 Å². The van der Waals surface area contributed by atoms with Crippen molar-refractivity contribution in [3.05, 3.63) is 17.5 Å². The number of hydrogen-bond acceptors (Lipinski definition) is 4. The molecule has 1 aliphatic rings. The molecule has 0 aliphatic heterocycles. The van der Waals surface area contributed by atoms with E-state index in [0.29, 0.717) is 11.0 Å². The van der Waals surface area contributed by atoms with Gasteiger partial charge in [0.2, 0.25) is 0 Å². The lowest BCUT2D eigenvalue weighted by Crippen LogP contribution is -2.30. The fourth-order valence-corrected chi connectivity index (χ4v) is 2.37. The summed E-state index contributed by atoms with van der Waals surface area (Å²) in [5.74, 6) is 0.673. The van der Waals surface area contributed by atoms with Crippen molar-refractivity contribution in [2.45, 2.75) is 25.7 Å². The Balaban J connectivity index is 1.95. The Hall–Kier alpha value is -0.870. The fourth-order valence-electron chi connectivity index (χ4n) is 2.22. The van der Waals surface area contributed by atoms with Crippen LogP contribution in [0.1, 0.15) is 25.7 Å². The maximum atomic E-state index is 9.45. The van der Waals surface area contributed by atoms with E-state index in [1.807, 2.05) is 0 Å². The number of anilines is 1. The van der Waals surface area contributed by atoms with E-state index in [-0.39, 0.29) is 12.0 Å². The molecule has 2 N–H and O–H groups in total. The molecule has 0 amide bonds. The molecule has 0 saturated heterocycles. The molecule has 5 heteroatoms. The number of aromatic nitrogens is 2. The quantitative estimate of drug-likeness (QED) is 0.848. The normalized spacial score (nSPS) is 18.6. The SMILES string of the molecule is OCC1(CNc2cncc(Cl)n2)CCCC1. The highest BCUT2D eigenvalue weighted by Crippen LogP contribution is 2.37. The first-order valence-electron chi connectivity index (χ1n) is 5.56. The minimum atomic E-state index is 0.0179. The van der Waals surface area contributed by atoms with Crippen molar-refractivity contribution >= 4 is 17.4 Å². The summed E-state index contributed by atoms with van der Waals surface area (Å²) >= 11 is 5.75. The van der Waals surface area contributed by atoms with E-state index in [9.17, 15) is 5.11 Å². The van der Waals surface area contributed by atoms with Gasteiger partial charge in [-0.15, -0.1) is 0 Å². The standard InChI is InChI=1S/C11H16ClN3O/c12-9-5-13-6-10(15-9)14-7-11(8-16)3-1-2-4-11/h5-6,16H,1-4,7-8H2,(H,14,15). The third-order valence-electron chi connectivity index (χ3n) is 3.25. The second kappa shape index (κ2) is 4.97. The molecular weight excluding hydrogens is 226 g/mol. The van der Waals surface area contributed by atoms with Crippen molar-refractivity contribution in [2.24, 2.45) is 5.41 Å². The summed E-state index contributed by atoms with van der Waals surface area (Å²) in [5, 5.41) is 13.0. The Bertz CT molecular complexity index is 353. The van der Waals surface area contributed by atoms with Crippen molar-refractivity contribution in [3.63, 3.8) is 0 Å². The van der Waals surface area contributed by atoms with Gasteiger partial charge < -0.3 is 10.4 Å². The first-order chi connectivity index (χ1) is 7.74. The second-order valence-corrected chi connectivity index (χ2v) is 4.83. The summed E-state index contributed by atoms with van der Waals surface area (Å²) in [6.45, 7) is 0.965. The highest BCUT2D eigenvalue weighted by atomic mass is 35.5. The van der Waals surface area contributed by atoms with Crippen molar-refractivity contribution in [3.8, 4) is 0 Å². The highest BCUT2D eigenvalue weighted by Gasteiger charge is 2.32. The summed E-state index contributed by atoms with van der Waals surface area (Å²) in [7, 11) is 0. The lowest BCUT2D eigenvalue weighted by Gasteiger charge is -2.26. The molecule has 1 fully saturated rings. The first kappa shape index (κ1) is 11.6. The summed E-state index contributed by atoms with van der Waals surface area (Å²) in [6, 6.07) is 0. The summed E-state index contributed by atoms with van der Waals surface area (Å²) in [6.07, 6.45) is 7.69. The number of aliphatic hydroxyl groups excluding tert-OH is 1. The maximum absolute atomic E-state index is 9.45. The van der Waals surface area contributed by atoms with Gasteiger partial charge >= 0.3 is 0 Å². The van der Waals surface area contributed by atoms with Gasteiger partial charge in [0, 0.05) is 12.0 Å². The molecule has 1 heterocycles. The topological polar surface area (TPSA) is 58.0 Å². The molecule has 0 radical (unpaired) electrons. The molecule has 2 rings (SSSR count). The minimum absolute atomic E-state index is 0.0179. The molecule has 0 spiro atoms. The summed E-state index contributed by atoms with van der Waals surface area (Å²) < 4.78 is 0. The Kier molecular flexibility index (Phi) is 3.61. The van der Waals surface area contributed by atoms with Crippen LogP contribution in [-0.4, -0.2) is 28.2 Å². The number of halogens is 1. The largest absolute Gasteiger partial charge is 0.396 e.